The number of hydrogen-bond acceptors (Lipinski definition) is 4. The highest BCUT2D eigenvalue weighted by atomic mass is 16.5. The number of nitrogens with one attached hydrogen (secondary N) is 1. The van der Waals surface area contributed by atoms with Gasteiger partial charge in [0.2, 0.25) is 5.91 Å². The molecule has 0 spiro atoms. The second-order valence-corrected chi connectivity index (χ2v) is 7.07. The fraction of sp³-hybridized carbons (Fsp3) is 0.579. The number of fused-ring (bicyclic) bond motifs is 2. The van der Waals surface area contributed by atoms with Gasteiger partial charge in [-0.3, -0.25) is 14.5 Å². The van der Waals surface area contributed by atoms with Crippen LogP contribution < -0.4 is 10.1 Å². The molecular formula is C19H26N2O4. The van der Waals surface area contributed by atoms with Crippen molar-refractivity contribution in [2.24, 2.45) is 5.92 Å². The zero-order chi connectivity index (χ0) is 18.0. The van der Waals surface area contributed by atoms with Crippen molar-refractivity contribution in [1.29, 1.82) is 0 Å². The lowest BCUT2D eigenvalue weighted by Gasteiger charge is -2.22. The van der Waals surface area contributed by atoms with Crippen LogP contribution in [-0.2, 0) is 9.59 Å². The molecule has 136 valence electrons. The minimum atomic E-state index is -0.736. The molecule has 0 aromatic heterocycles. The maximum Gasteiger partial charge on any atom is 0.308 e. The van der Waals surface area contributed by atoms with E-state index in [0.29, 0.717) is 19.6 Å². The Kier molecular flexibility index (Phi) is 5.27. The van der Waals surface area contributed by atoms with E-state index < -0.39 is 5.97 Å². The fourth-order valence-electron chi connectivity index (χ4n) is 4.21. The summed E-state index contributed by atoms with van der Waals surface area (Å²) in [6.07, 6.45) is 2.55. The van der Waals surface area contributed by atoms with Crippen LogP contribution in [0.3, 0.4) is 0 Å². The van der Waals surface area contributed by atoms with Gasteiger partial charge in [-0.2, -0.15) is 0 Å². The molecule has 0 radical (unpaired) electrons. The zero-order valence-electron chi connectivity index (χ0n) is 14.8. The number of hydrogen-bond donors (Lipinski definition) is 2. The molecule has 3 unspecified atom stereocenters. The molecule has 2 bridgehead atoms. The van der Waals surface area contributed by atoms with E-state index in [-0.39, 0.29) is 30.5 Å². The van der Waals surface area contributed by atoms with Gasteiger partial charge in [-0.1, -0.05) is 18.2 Å². The summed E-state index contributed by atoms with van der Waals surface area (Å²) in [7, 11) is 0. The average Bonchev–Trinajstić information content (AvgIpc) is 3.10. The van der Waals surface area contributed by atoms with Gasteiger partial charge in [-0.05, 0) is 44.2 Å². The Morgan fingerprint density at radius 3 is 2.64 bits per heavy atom. The van der Waals surface area contributed by atoms with Gasteiger partial charge in [0, 0.05) is 12.1 Å². The number of aliphatic carboxylic acids is 1. The van der Waals surface area contributed by atoms with Gasteiger partial charge in [-0.15, -0.1) is 0 Å². The maximum atomic E-state index is 12.2. The summed E-state index contributed by atoms with van der Waals surface area (Å²) in [4.78, 5) is 25.5. The SMILES string of the molecule is Cc1cccc(C)c1OCCNC(=O)CN1C2CCC1C(C(=O)O)C2. The molecule has 1 aromatic carbocycles. The molecule has 2 aliphatic rings. The summed E-state index contributed by atoms with van der Waals surface area (Å²) in [6, 6.07) is 6.25. The smallest absolute Gasteiger partial charge is 0.308 e. The molecule has 1 aromatic rings. The number of carbonyl (C=O) groups excluding carboxylic acids is 1. The highest BCUT2D eigenvalue weighted by molar-refractivity contribution is 5.78. The summed E-state index contributed by atoms with van der Waals surface area (Å²) < 4.78 is 5.79. The van der Waals surface area contributed by atoms with Crippen molar-refractivity contribution in [1.82, 2.24) is 10.2 Å². The number of rotatable bonds is 7. The molecule has 3 atom stereocenters. The number of amides is 1. The lowest BCUT2D eigenvalue weighted by molar-refractivity contribution is -0.143. The Bertz CT molecular complexity index is 641. The number of aryl methyl sites for hydroxylation is 2. The van der Waals surface area contributed by atoms with Gasteiger partial charge >= 0.3 is 5.97 Å². The molecule has 2 N–H and O–H groups in total. The first-order valence-corrected chi connectivity index (χ1v) is 8.91. The van der Waals surface area contributed by atoms with E-state index in [4.69, 9.17) is 4.74 Å². The molecule has 1 amide bonds. The number of carboxylic acid groups (broad SMARTS) is 1. The predicted octanol–water partition coefficient (Wildman–Crippen LogP) is 1.74. The van der Waals surface area contributed by atoms with Gasteiger partial charge in [-0.25, -0.2) is 0 Å². The summed E-state index contributed by atoms with van der Waals surface area (Å²) in [5, 5.41) is 12.1. The van der Waals surface area contributed by atoms with Crippen molar-refractivity contribution in [3.05, 3.63) is 29.3 Å². The molecule has 25 heavy (non-hydrogen) atoms. The Morgan fingerprint density at radius 1 is 1.28 bits per heavy atom. The number of para-hydroxylation sites is 1. The summed E-state index contributed by atoms with van der Waals surface area (Å²) >= 11 is 0. The lowest BCUT2D eigenvalue weighted by Crippen LogP contribution is -2.42. The minimum absolute atomic E-state index is 0.0131. The summed E-state index contributed by atoms with van der Waals surface area (Å²) in [6.45, 7) is 5.15. The number of carbonyl (C=O) groups is 2. The van der Waals surface area contributed by atoms with Crippen molar-refractivity contribution in [3.63, 3.8) is 0 Å². The number of nitrogens with zero attached hydrogens (tertiary/aromatic N) is 1. The van der Waals surface area contributed by atoms with Crippen molar-refractivity contribution in [2.45, 2.75) is 45.2 Å². The third-order valence-electron chi connectivity index (χ3n) is 5.40. The molecule has 0 saturated carbocycles. The highest BCUT2D eigenvalue weighted by Gasteiger charge is 2.49. The van der Waals surface area contributed by atoms with E-state index in [1.54, 1.807) is 0 Å². The van der Waals surface area contributed by atoms with Crippen LogP contribution in [0, 0.1) is 19.8 Å². The fourth-order valence-corrected chi connectivity index (χ4v) is 4.21. The molecule has 6 nitrogen and oxygen atoms in total. The van der Waals surface area contributed by atoms with Crippen LogP contribution in [-0.4, -0.2) is 53.7 Å². The van der Waals surface area contributed by atoms with E-state index >= 15 is 0 Å². The van der Waals surface area contributed by atoms with Crippen LogP contribution in [0.15, 0.2) is 18.2 Å². The quantitative estimate of drug-likeness (QED) is 0.735. The van der Waals surface area contributed by atoms with Crippen LogP contribution in [0.1, 0.15) is 30.4 Å². The average molecular weight is 346 g/mol. The Morgan fingerprint density at radius 2 is 2.00 bits per heavy atom. The Hall–Kier alpha value is -2.08. The van der Waals surface area contributed by atoms with Gasteiger partial charge in [0.15, 0.2) is 0 Å². The van der Waals surface area contributed by atoms with Crippen LogP contribution >= 0.6 is 0 Å². The van der Waals surface area contributed by atoms with Crippen molar-refractivity contribution >= 4 is 11.9 Å². The van der Waals surface area contributed by atoms with Gasteiger partial charge < -0.3 is 15.2 Å². The third-order valence-corrected chi connectivity index (χ3v) is 5.40. The molecule has 2 aliphatic heterocycles. The Balaban J connectivity index is 1.43. The van der Waals surface area contributed by atoms with Crippen LogP contribution in [0.4, 0.5) is 0 Å². The van der Waals surface area contributed by atoms with Gasteiger partial charge in [0.25, 0.3) is 0 Å². The molecule has 2 fully saturated rings. The maximum absolute atomic E-state index is 12.2. The molecular weight excluding hydrogens is 320 g/mol. The Labute approximate surface area is 148 Å². The van der Waals surface area contributed by atoms with E-state index in [0.717, 1.165) is 29.7 Å². The molecule has 0 aliphatic carbocycles. The summed E-state index contributed by atoms with van der Waals surface area (Å²) in [5.41, 5.74) is 2.17. The van der Waals surface area contributed by atoms with Gasteiger partial charge in [0.1, 0.15) is 12.4 Å². The monoisotopic (exact) mass is 346 g/mol. The molecule has 3 rings (SSSR count). The van der Waals surface area contributed by atoms with Gasteiger partial charge in [0.05, 0.1) is 19.0 Å². The van der Waals surface area contributed by atoms with Crippen LogP contribution in [0.2, 0.25) is 0 Å². The first-order chi connectivity index (χ1) is 12.0. The molecule has 2 saturated heterocycles. The standard InChI is InChI=1S/C19H26N2O4/c1-12-4-3-5-13(2)18(12)25-9-8-20-17(22)11-21-14-6-7-16(21)15(10-14)19(23)24/h3-5,14-16H,6-11H2,1-2H3,(H,20,22)(H,23,24). The molecule has 6 heteroatoms. The number of ether oxygens (including phenoxy) is 1. The first-order valence-electron chi connectivity index (χ1n) is 8.91. The van der Waals surface area contributed by atoms with Crippen molar-refractivity contribution in [3.8, 4) is 5.75 Å². The third kappa shape index (κ3) is 3.79. The number of carboxylic acids is 1. The summed E-state index contributed by atoms with van der Waals surface area (Å²) in [5.74, 6) is -0.245. The van der Waals surface area contributed by atoms with Crippen molar-refractivity contribution in [2.75, 3.05) is 19.7 Å². The molecule has 2 heterocycles. The van der Waals surface area contributed by atoms with E-state index in [1.165, 1.54) is 0 Å². The van der Waals surface area contributed by atoms with E-state index in [1.807, 2.05) is 32.0 Å². The largest absolute Gasteiger partial charge is 0.491 e. The highest BCUT2D eigenvalue weighted by Crippen LogP contribution is 2.41. The second-order valence-electron chi connectivity index (χ2n) is 7.07. The topological polar surface area (TPSA) is 78.9 Å². The normalized spacial score (nSPS) is 25.1. The second kappa shape index (κ2) is 7.44. The van der Waals surface area contributed by atoms with E-state index in [2.05, 4.69) is 10.2 Å². The minimum Gasteiger partial charge on any atom is -0.491 e. The number of benzene rings is 1. The van der Waals surface area contributed by atoms with Crippen LogP contribution in [0.25, 0.3) is 0 Å². The zero-order valence-corrected chi connectivity index (χ0v) is 14.8. The lowest BCUT2D eigenvalue weighted by atomic mass is 9.89. The van der Waals surface area contributed by atoms with Crippen LogP contribution in [0.5, 0.6) is 5.75 Å². The van der Waals surface area contributed by atoms with Crippen molar-refractivity contribution < 1.29 is 19.4 Å². The predicted molar refractivity (Wildman–Crippen MR) is 93.7 cm³/mol. The van der Waals surface area contributed by atoms with E-state index in [9.17, 15) is 14.7 Å². The first kappa shape index (κ1) is 17.7.